The average Bonchev–Trinajstić information content (AvgIpc) is 3.37. The van der Waals surface area contributed by atoms with Crippen molar-refractivity contribution in [2.45, 2.75) is 56.5 Å². The van der Waals surface area contributed by atoms with Gasteiger partial charge in [-0.1, -0.05) is 6.07 Å². The van der Waals surface area contributed by atoms with Gasteiger partial charge in [0.2, 0.25) is 18.6 Å². The van der Waals surface area contributed by atoms with Gasteiger partial charge in [0.25, 0.3) is 0 Å². The first-order chi connectivity index (χ1) is 18.6. The van der Waals surface area contributed by atoms with E-state index in [4.69, 9.17) is 23.7 Å². The van der Waals surface area contributed by atoms with E-state index >= 15 is 0 Å². The summed E-state index contributed by atoms with van der Waals surface area (Å²) in [6, 6.07) is 11.2. The molecular formula is C28H32N2O8. The van der Waals surface area contributed by atoms with Gasteiger partial charge in [0.15, 0.2) is 11.5 Å². The van der Waals surface area contributed by atoms with Crippen LogP contribution < -0.4 is 24.8 Å². The van der Waals surface area contributed by atoms with Gasteiger partial charge in [-0.15, -0.1) is 0 Å². The molecule has 4 atom stereocenters. The largest absolute Gasteiger partial charge is 0.490 e. The molecule has 6 rings (SSSR count). The van der Waals surface area contributed by atoms with Crippen LogP contribution in [0.15, 0.2) is 36.4 Å². The summed E-state index contributed by atoms with van der Waals surface area (Å²) in [4.78, 5) is 26.1. The number of aliphatic hydroxyl groups excluding tert-OH is 1. The zero-order chi connectivity index (χ0) is 26.1. The minimum atomic E-state index is -0.731. The van der Waals surface area contributed by atoms with Crippen LogP contribution >= 0.6 is 0 Å². The second-order valence-electron chi connectivity index (χ2n) is 10.2. The molecule has 10 heteroatoms. The number of hydrogen-bond donors (Lipinski definition) is 3. The van der Waals surface area contributed by atoms with E-state index < -0.39 is 18.1 Å². The Morgan fingerprint density at radius 3 is 2.79 bits per heavy atom. The summed E-state index contributed by atoms with van der Waals surface area (Å²) < 4.78 is 28.7. The molecule has 202 valence electrons. The van der Waals surface area contributed by atoms with E-state index in [1.807, 2.05) is 36.4 Å². The number of carbonyl (C=O) groups excluding carboxylic acids is 2. The lowest BCUT2D eigenvalue weighted by atomic mass is 9.76. The second kappa shape index (κ2) is 10.8. The lowest BCUT2D eigenvalue weighted by Crippen LogP contribution is -2.48. The number of aliphatic hydroxyl groups is 1. The van der Waals surface area contributed by atoms with Crippen LogP contribution in [0.4, 0.5) is 5.69 Å². The average molecular weight is 525 g/mol. The van der Waals surface area contributed by atoms with Gasteiger partial charge in [-0.2, -0.15) is 0 Å². The number of rotatable bonds is 7. The lowest BCUT2D eigenvalue weighted by molar-refractivity contribution is -0.148. The molecule has 10 nitrogen and oxygen atoms in total. The van der Waals surface area contributed by atoms with Crippen molar-refractivity contribution < 1.29 is 38.4 Å². The van der Waals surface area contributed by atoms with Gasteiger partial charge in [0.1, 0.15) is 11.9 Å². The zero-order valence-corrected chi connectivity index (χ0v) is 21.0. The molecule has 0 saturated carbocycles. The summed E-state index contributed by atoms with van der Waals surface area (Å²) >= 11 is 0. The molecule has 2 aromatic carbocycles. The van der Waals surface area contributed by atoms with E-state index in [2.05, 4.69) is 10.6 Å². The summed E-state index contributed by atoms with van der Waals surface area (Å²) in [5.74, 6) is 0.867. The molecule has 0 spiro atoms. The van der Waals surface area contributed by atoms with Gasteiger partial charge in [0.05, 0.1) is 44.4 Å². The number of amides is 2. The van der Waals surface area contributed by atoms with Gasteiger partial charge in [0, 0.05) is 36.6 Å². The fraction of sp³-hybridized carbons (Fsp3) is 0.500. The van der Waals surface area contributed by atoms with Crippen molar-refractivity contribution in [3.05, 3.63) is 47.5 Å². The molecule has 2 fully saturated rings. The van der Waals surface area contributed by atoms with Crippen molar-refractivity contribution >= 4 is 17.5 Å². The van der Waals surface area contributed by atoms with Gasteiger partial charge in [-0.05, 0) is 42.3 Å². The Hall–Kier alpha value is -3.34. The van der Waals surface area contributed by atoms with Crippen LogP contribution in [-0.4, -0.2) is 61.8 Å². The van der Waals surface area contributed by atoms with Crippen molar-refractivity contribution in [1.29, 1.82) is 0 Å². The van der Waals surface area contributed by atoms with E-state index in [1.54, 1.807) is 0 Å². The molecule has 0 aromatic heterocycles. The van der Waals surface area contributed by atoms with Gasteiger partial charge in [-0.25, -0.2) is 0 Å². The number of nitrogens with one attached hydrogen (secondary N) is 2. The minimum absolute atomic E-state index is 0.0439. The number of ether oxygens (including phenoxy) is 5. The first-order valence-electron chi connectivity index (χ1n) is 13.2. The van der Waals surface area contributed by atoms with Crippen LogP contribution in [0.2, 0.25) is 0 Å². The van der Waals surface area contributed by atoms with E-state index in [1.165, 1.54) is 0 Å². The Kier molecular flexibility index (Phi) is 7.10. The van der Waals surface area contributed by atoms with Crippen molar-refractivity contribution in [3.8, 4) is 17.2 Å². The smallest absolute Gasteiger partial charge is 0.231 e. The first kappa shape index (κ1) is 25.0. The molecule has 0 unspecified atom stereocenters. The summed E-state index contributed by atoms with van der Waals surface area (Å²) in [6.45, 7) is 1.53. The Morgan fingerprint density at radius 2 is 1.95 bits per heavy atom. The molecule has 2 saturated heterocycles. The molecule has 2 aromatic rings. The van der Waals surface area contributed by atoms with E-state index in [9.17, 15) is 14.7 Å². The van der Waals surface area contributed by atoms with Crippen LogP contribution in [0.1, 0.15) is 42.7 Å². The van der Waals surface area contributed by atoms with E-state index in [0.717, 1.165) is 29.7 Å². The van der Waals surface area contributed by atoms with Gasteiger partial charge in [-0.3, -0.25) is 9.59 Å². The molecule has 38 heavy (non-hydrogen) atoms. The third-order valence-electron chi connectivity index (χ3n) is 7.68. The summed E-state index contributed by atoms with van der Waals surface area (Å²) in [5, 5.41) is 16.1. The Bertz CT molecular complexity index is 1200. The molecule has 3 N–H and O–H groups in total. The third kappa shape index (κ3) is 5.16. The lowest BCUT2D eigenvalue weighted by Gasteiger charge is -2.40. The summed E-state index contributed by atoms with van der Waals surface area (Å²) in [6.07, 6.45) is 1.03. The van der Waals surface area contributed by atoms with Crippen LogP contribution in [0.25, 0.3) is 0 Å². The molecule has 4 aliphatic rings. The number of benzene rings is 2. The molecule has 2 amide bonds. The first-order valence-corrected chi connectivity index (χ1v) is 13.2. The second-order valence-corrected chi connectivity index (χ2v) is 10.2. The number of carbonyl (C=O) groups is 2. The van der Waals surface area contributed by atoms with Gasteiger partial charge < -0.3 is 39.4 Å². The predicted octanol–water partition coefficient (Wildman–Crippen LogP) is 2.48. The molecule has 4 heterocycles. The van der Waals surface area contributed by atoms with E-state index in [0.29, 0.717) is 43.4 Å². The SMILES string of the molecule is O=C(C[C@H]1C[C@H]2c3cc(ccc3OC3CCOCC3)NC(=O)[C@H]2[C@H](CO)O1)NCc1ccc2c(c1)OCO2. The monoisotopic (exact) mass is 524 g/mol. The fourth-order valence-electron chi connectivity index (χ4n) is 5.79. The maximum Gasteiger partial charge on any atom is 0.231 e. The Labute approximate surface area is 220 Å². The van der Waals surface area contributed by atoms with Crippen molar-refractivity contribution in [2.75, 3.05) is 31.9 Å². The van der Waals surface area contributed by atoms with Crippen molar-refractivity contribution in [2.24, 2.45) is 5.92 Å². The zero-order valence-electron chi connectivity index (χ0n) is 21.0. The molecule has 0 radical (unpaired) electrons. The van der Waals surface area contributed by atoms with Crippen molar-refractivity contribution in [3.63, 3.8) is 0 Å². The summed E-state index contributed by atoms with van der Waals surface area (Å²) in [5.41, 5.74) is 2.49. The predicted molar refractivity (Wildman–Crippen MR) is 135 cm³/mol. The molecular weight excluding hydrogens is 492 g/mol. The number of anilines is 1. The van der Waals surface area contributed by atoms with Gasteiger partial charge >= 0.3 is 0 Å². The number of fused-ring (bicyclic) bond motifs is 5. The molecule has 0 aliphatic carbocycles. The Balaban J connectivity index is 1.16. The van der Waals surface area contributed by atoms with Crippen LogP contribution in [0, 0.1) is 5.92 Å². The standard InChI is InChI=1S/C28H32N2O8/c31-14-25-27-21(20-10-17(30-28(27)33)2-4-22(20)37-18-5-7-34-8-6-18)11-19(38-25)12-26(32)29-13-16-1-3-23-24(9-16)36-15-35-23/h1-4,9-10,18-19,21,25,27,31H,5-8,11-15H2,(H,29,32)(H,30,33)/t19-,21+,25+,27-/m1/s1. The third-order valence-corrected chi connectivity index (χ3v) is 7.68. The maximum atomic E-state index is 13.2. The fourth-order valence-corrected chi connectivity index (χ4v) is 5.79. The number of hydrogen-bond acceptors (Lipinski definition) is 8. The normalized spacial score (nSPS) is 26.2. The molecule has 4 aliphatic heterocycles. The topological polar surface area (TPSA) is 125 Å². The maximum absolute atomic E-state index is 13.2. The highest BCUT2D eigenvalue weighted by Crippen LogP contribution is 2.46. The molecule has 2 bridgehead atoms. The minimum Gasteiger partial charge on any atom is -0.490 e. The van der Waals surface area contributed by atoms with E-state index in [-0.39, 0.29) is 43.7 Å². The Morgan fingerprint density at radius 1 is 1.11 bits per heavy atom. The van der Waals surface area contributed by atoms with Crippen molar-refractivity contribution in [1.82, 2.24) is 5.32 Å². The van der Waals surface area contributed by atoms with Crippen LogP contribution in [0.3, 0.4) is 0 Å². The highest BCUT2D eigenvalue weighted by molar-refractivity contribution is 5.95. The highest BCUT2D eigenvalue weighted by atomic mass is 16.7. The quantitative estimate of drug-likeness (QED) is 0.505. The van der Waals surface area contributed by atoms with Crippen LogP contribution in [-0.2, 0) is 25.6 Å². The summed E-state index contributed by atoms with van der Waals surface area (Å²) in [7, 11) is 0. The van der Waals surface area contributed by atoms with Crippen LogP contribution in [0.5, 0.6) is 17.2 Å². The highest BCUT2D eigenvalue weighted by Gasteiger charge is 2.46.